The minimum absolute atomic E-state index is 0.114. The Kier molecular flexibility index (Phi) is 4.22. The molecule has 1 aliphatic rings. The first-order valence-electron chi connectivity index (χ1n) is 7.50. The third-order valence-electron chi connectivity index (χ3n) is 4.19. The van der Waals surface area contributed by atoms with Crippen molar-refractivity contribution in [3.8, 4) is 0 Å². The Morgan fingerprint density at radius 2 is 1.70 bits per heavy atom. The Morgan fingerprint density at radius 1 is 1.09 bits per heavy atom. The van der Waals surface area contributed by atoms with Crippen LogP contribution in [0.1, 0.15) is 5.69 Å². The first kappa shape index (κ1) is 16.1. The van der Waals surface area contributed by atoms with Crippen LogP contribution in [0.5, 0.6) is 0 Å². The molecule has 7 nitrogen and oxygen atoms in total. The largest absolute Gasteiger partial charge is 0.282 e. The van der Waals surface area contributed by atoms with Crippen LogP contribution in [0.2, 0.25) is 0 Å². The number of hydrogen-bond donors (Lipinski definition) is 0. The first-order valence-corrected chi connectivity index (χ1v) is 9.35. The summed E-state index contributed by atoms with van der Waals surface area (Å²) in [5.74, 6) is 0. The van der Waals surface area contributed by atoms with Crippen molar-refractivity contribution in [2.24, 2.45) is 0 Å². The fourth-order valence-electron chi connectivity index (χ4n) is 2.89. The summed E-state index contributed by atoms with van der Waals surface area (Å²) in [4.78, 5) is 14.6. The molecule has 124 valence electrons. The number of nitrogens with zero attached hydrogens (tertiary/aromatic N) is 4. The van der Waals surface area contributed by atoms with Crippen LogP contribution in [-0.2, 0) is 16.7 Å². The van der Waals surface area contributed by atoms with Crippen molar-refractivity contribution in [3.63, 3.8) is 0 Å². The van der Waals surface area contributed by atoms with Gasteiger partial charge < -0.3 is 0 Å². The summed E-state index contributed by atoms with van der Waals surface area (Å²) >= 11 is 0. The highest BCUT2D eigenvalue weighted by molar-refractivity contribution is 7.88. The van der Waals surface area contributed by atoms with Crippen LogP contribution in [0.25, 0.3) is 10.8 Å². The molecule has 8 heteroatoms. The molecule has 2 aromatic rings. The number of aryl methyl sites for hydroxylation is 1. The topological polar surface area (TPSA) is 75.5 Å². The molecule has 0 atom stereocenters. The van der Waals surface area contributed by atoms with Gasteiger partial charge in [-0.05, 0) is 13.0 Å². The van der Waals surface area contributed by atoms with Crippen molar-refractivity contribution in [1.29, 1.82) is 0 Å². The van der Waals surface area contributed by atoms with Crippen molar-refractivity contribution in [2.75, 3.05) is 32.4 Å². The molecule has 0 spiro atoms. The highest BCUT2D eigenvalue weighted by Crippen LogP contribution is 2.12. The van der Waals surface area contributed by atoms with Gasteiger partial charge in [0.05, 0.1) is 24.0 Å². The van der Waals surface area contributed by atoms with Crippen LogP contribution in [0.4, 0.5) is 0 Å². The lowest BCUT2D eigenvalue weighted by Crippen LogP contribution is -2.49. The highest BCUT2D eigenvalue weighted by atomic mass is 32.2. The molecule has 0 saturated carbocycles. The van der Waals surface area contributed by atoms with Crippen LogP contribution in [0, 0.1) is 6.92 Å². The Morgan fingerprint density at radius 3 is 2.30 bits per heavy atom. The van der Waals surface area contributed by atoms with E-state index in [4.69, 9.17) is 0 Å². The van der Waals surface area contributed by atoms with Gasteiger partial charge in [-0.15, -0.1) is 0 Å². The van der Waals surface area contributed by atoms with E-state index in [1.807, 2.05) is 36.1 Å². The smallest absolute Gasteiger partial charge is 0.275 e. The quantitative estimate of drug-likeness (QED) is 0.803. The van der Waals surface area contributed by atoms with Crippen LogP contribution < -0.4 is 5.56 Å². The number of aromatic nitrogens is 2. The van der Waals surface area contributed by atoms with Crippen molar-refractivity contribution < 1.29 is 8.42 Å². The van der Waals surface area contributed by atoms with Gasteiger partial charge >= 0.3 is 0 Å². The van der Waals surface area contributed by atoms with Gasteiger partial charge in [0, 0.05) is 31.6 Å². The van der Waals surface area contributed by atoms with Crippen LogP contribution in [0.15, 0.2) is 29.1 Å². The predicted molar refractivity (Wildman–Crippen MR) is 88.7 cm³/mol. The summed E-state index contributed by atoms with van der Waals surface area (Å²) in [7, 11) is -3.14. The van der Waals surface area contributed by atoms with Crippen LogP contribution in [0.3, 0.4) is 0 Å². The number of benzene rings is 1. The van der Waals surface area contributed by atoms with Gasteiger partial charge in [0.15, 0.2) is 0 Å². The van der Waals surface area contributed by atoms with E-state index in [1.54, 1.807) is 0 Å². The zero-order chi connectivity index (χ0) is 16.6. The second-order valence-corrected chi connectivity index (χ2v) is 7.84. The molecule has 1 aromatic carbocycles. The average molecular weight is 336 g/mol. The first-order chi connectivity index (χ1) is 10.9. The maximum absolute atomic E-state index is 12.5. The van der Waals surface area contributed by atoms with E-state index in [0.717, 1.165) is 11.1 Å². The normalized spacial score (nSPS) is 17.7. The summed E-state index contributed by atoms with van der Waals surface area (Å²) in [6, 6.07) is 7.45. The van der Waals surface area contributed by atoms with Crippen LogP contribution >= 0.6 is 0 Å². The molecule has 0 amide bonds. The van der Waals surface area contributed by atoms with Gasteiger partial charge in [-0.3, -0.25) is 9.69 Å². The lowest BCUT2D eigenvalue weighted by atomic mass is 10.1. The molecule has 3 rings (SSSR count). The lowest BCUT2D eigenvalue weighted by molar-refractivity contribution is 0.143. The number of fused-ring (bicyclic) bond motifs is 1. The van der Waals surface area contributed by atoms with Crippen molar-refractivity contribution >= 4 is 20.8 Å². The van der Waals surface area contributed by atoms with Gasteiger partial charge in [-0.25, -0.2) is 13.1 Å². The molecule has 0 aliphatic carbocycles. The Balaban J connectivity index is 1.81. The summed E-state index contributed by atoms with van der Waals surface area (Å²) in [5.41, 5.74) is 0.701. The molecule has 23 heavy (non-hydrogen) atoms. The second kappa shape index (κ2) is 6.03. The molecule has 1 aromatic heterocycles. The maximum Gasteiger partial charge on any atom is 0.275 e. The third-order valence-corrected chi connectivity index (χ3v) is 5.49. The zero-order valence-electron chi connectivity index (χ0n) is 13.3. The van der Waals surface area contributed by atoms with E-state index < -0.39 is 10.0 Å². The predicted octanol–water partition coefficient (Wildman–Crippen LogP) is 0.240. The third kappa shape index (κ3) is 3.29. The van der Waals surface area contributed by atoms with Gasteiger partial charge in [-0.2, -0.15) is 9.40 Å². The summed E-state index contributed by atoms with van der Waals surface area (Å²) in [5, 5.41) is 5.93. The van der Waals surface area contributed by atoms with Crippen molar-refractivity contribution in [1.82, 2.24) is 19.0 Å². The summed E-state index contributed by atoms with van der Waals surface area (Å²) in [6.45, 7) is 4.34. The molecule has 0 radical (unpaired) electrons. The Hall–Kier alpha value is -1.77. The molecule has 0 N–H and O–H groups in total. The van der Waals surface area contributed by atoms with Gasteiger partial charge in [0.1, 0.15) is 0 Å². The SMILES string of the molecule is Cc1nn(CN2CCN(S(C)(=O)=O)CC2)c(=O)c2ccccc12. The molecule has 1 aliphatic heterocycles. The number of rotatable bonds is 3. The zero-order valence-corrected chi connectivity index (χ0v) is 14.1. The van der Waals surface area contributed by atoms with Gasteiger partial charge in [-0.1, -0.05) is 18.2 Å². The van der Waals surface area contributed by atoms with E-state index in [0.29, 0.717) is 38.2 Å². The minimum atomic E-state index is -3.14. The molecular weight excluding hydrogens is 316 g/mol. The minimum Gasteiger partial charge on any atom is -0.282 e. The molecule has 1 saturated heterocycles. The molecule has 1 fully saturated rings. The standard InChI is InChI=1S/C15H20N4O3S/c1-12-13-5-3-4-6-14(13)15(20)19(16-12)11-17-7-9-18(10-8-17)23(2,21)22/h3-6H,7-11H2,1-2H3. The van der Waals surface area contributed by atoms with E-state index in [1.165, 1.54) is 15.2 Å². The number of piperazine rings is 1. The van der Waals surface area contributed by atoms with Gasteiger partial charge in [0.2, 0.25) is 10.0 Å². The highest BCUT2D eigenvalue weighted by Gasteiger charge is 2.23. The Labute approximate surface area is 135 Å². The fourth-order valence-corrected chi connectivity index (χ4v) is 3.72. The van der Waals surface area contributed by atoms with E-state index in [-0.39, 0.29) is 5.56 Å². The number of sulfonamides is 1. The van der Waals surface area contributed by atoms with E-state index in [9.17, 15) is 13.2 Å². The fraction of sp³-hybridized carbons (Fsp3) is 0.467. The molecule has 0 unspecified atom stereocenters. The van der Waals surface area contributed by atoms with Crippen molar-refractivity contribution in [3.05, 3.63) is 40.3 Å². The van der Waals surface area contributed by atoms with E-state index in [2.05, 4.69) is 5.10 Å². The molecule has 2 heterocycles. The second-order valence-electron chi connectivity index (χ2n) is 5.86. The summed E-state index contributed by atoms with van der Waals surface area (Å²) < 4.78 is 26.0. The maximum atomic E-state index is 12.5. The molecular formula is C15H20N4O3S. The van der Waals surface area contributed by atoms with E-state index >= 15 is 0 Å². The lowest BCUT2D eigenvalue weighted by Gasteiger charge is -2.33. The summed E-state index contributed by atoms with van der Waals surface area (Å²) in [6.07, 6.45) is 1.22. The average Bonchev–Trinajstić information content (AvgIpc) is 2.52. The van der Waals surface area contributed by atoms with Gasteiger partial charge in [0.25, 0.3) is 5.56 Å². The number of hydrogen-bond acceptors (Lipinski definition) is 5. The van der Waals surface area contributed by atoms with Crippen molar-refractivity contribution in [2.45, 2.75) is 13.6 Å². The molecule has 0 bridgehead atoms. The van der Waals surface area contributed by atoms with Crippen LogP contribution in [-0.4, -0.2) is 59.8 Å². The monoisotopic (exact) mass is 336 g/mol. The Bertz CT molecular complexity index is 883.